The Bertz CT molecular complexity index is 1930. The number of halogens is 1. The van der Waals surface area contributed by atoms with E-state index in [1.54, 1.807) is 35.9 Å². The van der Waals surface area contributed by atoms with Crippen molar-refractivity contribution in [3.05, 3.63) is 133 Å². The maximum Gasteiger partial charge on any atom is 0.303 e. The first-order valence-electron chi connectivity index (χ1n) is 20.6. The number of carbonyl (C=O) groups excluding carboxylic acids is 2. The summed E-state index contributed by atoms with van der Waals surface area (Å²) in [6.45, 7) is 25.1. The molecule has 0 aromatic carbocycles. The fourth-order valence-electron chi connectivity index (χ4n) is 7.35. The Morgan fingerprint density at radius 3 is 1.93 bits per heavy atom. The van der Waals surface area contributed by atoms with Crippen LogP contribution in [0.1, 0.15) is 83.0 Å². The molecular formula is C46H67ClN6O4Si3. The van der Waals surface area contributed by atoms with Gasteiger partial charge in [-0.15, -0.1) is 13.2 Å². The average molecular weight is 888 g/mol. The highest BCUT2D eigenvalue weighted by atomic mass is 35.6. The van der Waals surface area contributed by atoms with Crippen LogP contribution in [0.5, 0.6) is 0 Å². The number of pyridine rings is 4. The third kappa shape index (κ3) is 16.3. The molecule has 324 valence electrons. The van der Waals surface area contributed by atoms with Crippen LogP contribution in [0.2, 0.25) is 44.8 Å². The van der Waals surface area contributed by atoms with Gasteiger partial charge in [-0.1, -0.05) is 68.9 Å². The lowest BCUT2D eigenvalue weighted by Crippen LogP contribution is -2.41. The monoisotopic (exact) mass is 886 g/mol. The van der Waals surface area contributed by atoms with Crippen LogP contribution in [0.25, 0.3) is 0 Å². The maximum atomic E-state index is 10.7. The summed E-state index contributed by atoms with van der Waals surface area (Å²) in [5.41, 5.74) is 8.93. The molecule has 0 spiro atoms. The van der Waals surface area contributed by atoms with Gasteiger partial charge in [0.2, 0.25) is 0 Å². The zero-order chi connectivity index (χ0) is 44.9. The summed E-state index contributed by atoms with van der Waals surface area (Å²) in [6, 6.07) is 13.1. The van der Waals surface area contributed by atoms with Crippen LogP contribution in [-0.2, 0) is 4.79 Å². The van der Waals surface area contributed by atoms with Crippen molar-refractivity contribution >= 4 is 63.5 Å². The number of nitrogens with zero attached hydrogens (tertiary/aromatic N) is 6. The SMILES string of the molecule is C=C[Si](C)(C)Cl.C=C[Si](C)(C)c1ccncc1C=O.CCCC(=O)O.CN1CCC2C1c1cnccc1[Si]2(C)C.CN1CCCC1c1cccnc1.O=Cc1cccnc1. The molecule has 4 aromatic rings. The summed E-state index contributed by atoms with van der Waals surface area (Å²) in [5.74, 6) is -0.711. The van der Waals surface area contributed by atoms with Gasteiger partial charge in [0.1, 0.15) is 8.07 Å². The standard InChI is InChI=1S/C12H18N2Si.C10H14N2.C10H13NOSi.C6H5NO.C4H9ClSi.C4H8O2/c1-14-7-5-11-12(14)9-8-13-6-4-10(9)15(11,2)3;1-12-7-3-5-10(12)9-4-2-6-11-8-9;1-4-13(2,3)10-5-6-11-7-9(10)8-12;8-5-6-2-1-3-7-4-6;1-4-6(2,3)5;1-2-3-4(5)6/h4,6,8,11-12H,5,7H2,1-3H3;2,4,6,8,10H,3,5,7H2,1H3;4-8H,1H2,2-3H3;1-5H;4H,1H2,2-3H3;2-3H2,1H3,(H,5,6). The lowest BCUT2D eigenvalue weighted by molar-refractivity contribution is -0.137. The van der Waals surface area contributed by atoms with Gasteiger partial charge < -0.3 is 5.11 Å². The van der Waals surface area contributed by atoms with Gasteiger partial charge in [-0.05, 0) is 105 Å². The molecule has 7 rings (SSSR count). The molecule has 3 unspecified atom stereocenters. The summed E-state index contributed by atoms with van der Waals surface area (Å²) in [4.78, 5) is 51.3. The second-order valence-electron chi connectivity index (χ2n) is 16.8. The first-order chi connectivity index (χ1) is 28.4. The summed E-state index contributed by atoms with van der Waals surface area (Å²) in [7, 11) is 0.211. The molecule has 2 saturated heterocycles. The molecule has 10 nitrogen and oxygen atoms in total. The van der Waals surface area contributed by atoms with Crippen molar-refractivity contribution < 1.29 is 19.5 Å². The predicted octanol–water partition coefficient (Wildman–Crippen LogP) is 9.06. The van der Waals surface area contributed by atoms with E-state index in [-0.39, 0.29) is 0 Å². The van der Waals surface area contributed by atoms with Crippen molar-refractivity contribution in [1.82, 2.24) is 29.7 Å². The number of hydrogen-bond donors (Lipinski definition) is 1. The molecule has 14 heteroatoms. The van der Waals surface area contributed by atoms with Crippen LogP contribution in [0.15, 0.2) is 111 Å². The second kappa shape index (κ2) is 25.5. The Labute approximate surface area is 367 Å². The number of rotatable bonds is 8. The molecule has 3 aliphatic rings. The second-order valence-corrected chi connectivity index (χ2v) is 32.3. The van der Waals surface area contributed by atoms with Crippen molar-refractivity contribution in [3.63, 3.8) is 0 Å². The summed E-state index contributed by atoms with van der Waals surface area (Å²) in [5, 5.41) is 10.7. The van der Waals surface area contributed by atoms with Crippen LogP contribution in [0.4, 0.5) is 0 Å². The molecule has 0 radical (unpaired) electrons. The molecule has 4 aromatic heterocycles. The van der Waals surface area contributed by atoms with Crippen LogP contribution in [-0.4, -0.2) is 104 Å². The molecule has 60 heavy (non-hydrogen) atoms. The van der Waals surface area contributed by atoms with E-state index in [1.807, 2.05) is 62.1 Å². The number of fused-ring (bicyclic) bond motifs is 3. The van der Waals surface area contributed by atoms with E-state index in [0.29, 0.717) is 29.6 Å². The molecule has 0 bridgehead atoms. The molecule has 3 aliphatic heterocycles. The van der Waals surface area contributed by atoms with Crippen LogP contribution in [0.3, 0.4) is 0 Å². The minimum absolute atomic E-state index is 0.292. The summed E-state index contributed by atoms with van der Waals surface area (Å²) in [6.07, 6.45) is 21.0. The lowest BCUT2D eigenvalue weighted by atomic mass is 10.1. The highest BCUT2D eigenvalue weighted by Crippen LogP contribution is 2.50. The van der Waals surface area contributed by atoms with Crippen molar-refractivity contribution in [2.75, 3.05) is 27.2 Å². The normalized spacial score (nSPS) is 18.5. The molecule has 0 saturated carbocycles. The van der Waals surface area contributed by atoms with Gasteiger partial charge in [0, 0.05) is 79.2 Å². The first kappa shape index (κ1) is 51.9. The number of hydrogen-bond acceptors (Lipinski definition) is 9. The van der Waals surface area contributed by atoms with Gasteiger partial charge >= 0.3 is 5.97 Å². The van der Waals surface area contributed by atoms with Crippen molar-refractivity contribution in [1.29, 1.82) is 0 Å². The largest absolute Gasteiger partial charge is 0.481 e. The molecule has 0 amide bonds. The maximum absolute atomic E-state index is 10.7. The Kier molecular flexibility index (Phi) is 22.1. The highest BCUT2D eigenvalue weighted by molar-refractivity contribution is 7.21. The Morgan fingerprint density at radius 2 is 1.47 bits per heavy atom. The van der Waals surface area contributed by atoms with E-state index in [9.17, 15) is 14.4 Å². The fourth-order valence-corrected chi connectivity index (χ4v) is 12.9. The zero-order valence-corrected chi connectivity index (χ0v) is 41.0. The smallest absolute Gasteiger partial charge is 0.303 e. The molecule has 3 atom stereocenters. The summed E-state index contributed by atoms with van der Waals surface area (Å²) < 4.78 is 0. The molecule has 1 N–H and O–H groups in total. The van der Waals surface area contributed by atoms with Crippen molar-refractivity contribution in [2.45, 2.75) is 95.9 Å². The topological polar surface area (TPSA) is 129 Å². The fraction of sp³-hybridized carbons (Fsp3) is 0.413. The van der Waals surface area contributed by atoms with Crippen molar-refractivity contribution in [3.8, 4) is 0 Å². The zero-order valence-electron chi connectivity index (χ0n) is 37.2. The van der Waals surface area contributed by atoms with E-state index in [2.05, 4.69) is 102 Å². The number of carboxylic acid groups (broad SMARTS) is 1. The van der Waals surface area contributed by atoms with E-state index >= 15 is 0 Å². The van der Waals surface area contributed by atoms with Gasteiger partial charge in [0.25, 0.3) is 0 Å². The minimum atomic E-state index is -1.63. The minimum Gasteiger partial charge on any atom is -0.481 e. The van der Waals surface area contributed by atoms with Gasteiger partial charge in [0.05, 0.1) is 8.07 Å². The molecule has 7 heterocycles. The van der Waals surface area contributed by atoms with Gasteiger partial charge in [-0.25, -0.2) is 0 Å². The molecule has 0 aliphatic carbocycles. The Balaban J connectivity index is 0.000000257. The Morgan fingerprint density at radius 1 is 0.850 bits per heavy atom. The van der Waals surface area contributed by atoms with Crippen molar-refractivity contribution in [2.24, 2.45) is 0 Å². The van der Waals surface area contributed by atoms with Crippen LogP contribution >= 0.6 is 11.1 Å². The van der Waals surface area contributed by atoms with Crippen LogP contribution < -0.4 is 10.4 Å². The average Bonchev–Trinajstić information content (AvgIpc) is 3.93. The number of carbonyl (C=O) groups is 3. The number of carboxylic acids is 1. The highest BCUT2D eigenvalue weighted by Gasteiger charge is 2.51. The lowest BCUT2D eigenvalue weighted by Gasteiger charge is -2.25. The number of likely N-dealkylation sites (tertiary alicyclic amines) is 2. The Hall–Kier alpha value is -4.25. The summed E-state index contributed by atoms with van der Waals surface area (Å²) >= 11 is 5.74. The number of aliphatic carboxylic acids is 1. The van der Waals surface area contributed by atoms with Crippen LogP contribution in [0, 0.1) is 0 Å². The van der Waals surface area contributed by atoms with Gasteiger partial charge in [-0.3, -0.25) is 44.1 Å². The van der Waals surface area contributed by atoms with E-state index in [1.165, 1.54) is 49.7 Å². The molecule has 2 fully saturated rings. The van der Waals surface area contributed by atoms with Gasteiger partial charge in [-0.2, -0.15) is 11.1 Å². The van der Waals surface area contributed by atoms with Gasteiger partial charge in [0.15, 0.2) is 20.0 Å². The van der Waals surface area contributed by atoms with E-state index in [0.717, 1.165) is 29.7 Å². The predicted molar refractivity (Wildman–Crippen MR) is 257 cm³/mol. The van der Waals surface area contributed by atoms with E-state index in [4.69, 9.17) is 16.2 Å². The van der Waals surface area contributed by atoms with E-state index < -0.39 is 29.5 Å². The first-order valence-corrected chi connectivity index (χ1v) is 30.8. The third-order valence-electron chi connectivity index (χ3n) is 11.0. The quantitative estimate of drug-likeness (QED) is 0.104. The molecular weight excluding hydrogens is 820 g/mol. The third-order valence-corrected chi connectivity index (χ3v) is 19.6. The number of aldehydes is 2. The number of aromatic nitrogens is 4.